The molecule has 3 rings (SSSR count). The van der Waals surface area contributed by atoms with Crippen molar-refractivity contribution in [2.24, 2.45) is 0 Å². The standard InChI is InChI=1S/C16H24N4O2/c1-13(15-4-2-3-5-16(15)20(21)22)18-8-10-19(11-9-18)14-6-7-17-12-14/h2-5,13-14,17H,6-12H2,1H3. The summed E-state index contributed by atoms with van der Waals surface area (Å²) >= 11 is 0. The molecule has 0 aromatic heterocycles. The van der Waals surface area contributed by atoms with Crippen molar-refractivity contribution in [3.05, 3.63) is 39.9 Å². The average molecular weight is 304 g/mol. The Hall–Kier alpha value is -1.50. The molecule has 0 aliphatic carbocycles. The van der Waals surface area contributed by atoms with Crippen molar-refractivity contribution in [1.29, 1.82) is 0 Å². The van der Waals surface area contributed by atoms with Crippen LogP contribution in [0.1, 0.15) is 24.9 Å². The lowest BCUT2D eigenvalue weighted by Crippen LogP contribution is -2.51. The second-order valence-electron chi connectivity index (χ2n) is 6.21. The molecule has 1 aromatic carbocycles. The van der Waals surface area contributed by atoms with E-state index in [1.165, 1.54) is 6.42 Å². The van der Waals surface area contributed by atoms with Gasteiger partial charge in [-0.1, -0.05) is 18.2 Å². The van der Waals surface area contributed by atoms with Crippen LogP contribution in [0.3, 0.4) is 0 Å². The summed E-state index contributed by atoms with van der Waals surface area (Å²) in [6.45, 7) is 8.36. The van der Waals surface area contributed by atoms with E-state index in [9.17, 15) is 10.1 Å². The zero-order chi connectivity index (χ0) is 15.5. The molecular weight excluding hydrogens is 280 g/mol. The lowest BCUT2D eigenvalue weighted by Gasteiger charge is -2.40. The van der Waals surface area contributed by atoms with Crippen molar-refractivity contribution < 1.29 is 4.92 Å². The number of nitro benzene ring substituents is 1. The minimum Gasteiger partial charge on any atom is -0.315 e. The van der Waals surface area contributed by atoms with Gasteiger partial charge in [0.15, 0.2) is 0 Å². The molecule has 2 saturated heterocycles. The maximum atomic E-state index is 11.2. The van der Waals surface area contributed by atoms with Crippen molar-refractivity contribution in [3.8, 4) is 0 Å². The van der Waals surface area contributed by atoms with Crippen LogP contribution >= 0.6 is 0 Å². The molecule has 6 nitrogen and oxygen atoms in total. The lowest BCUT2D eigenvalue weighted by atomic mass is 10.0. The Balaban J connectivity index is 1.64. The van der Waals surface area contributed by atoms with Crippen LogP contribution in [-0.4, -0.2) is 60.0 Å². The maximum Gasteiger partial charge on any atom is 0.274 e. The highest BCUT2D eigenvalue weighted by molar-refractivity contribution is 5.41. The Kier molecular flexibility index (Phi) is 4.71. The molecule has 2 heterocycles. The number of benzene rings is 1. The zero-order valence-electron chi connectivity index (χ0n) is 13.1. The van der Waals surface area contributed by atoms with Gasteiger partial charge in [-0.25, -0.2) is 0 Å². The Bertz CT molecular complexity index is 523. The predicted molar refractivity (Wildman–Crippen MR) is 85.9 cm³/mol. The minimum absolute atomic E-state index is 0.0884. The highest BCUT2D eigenvalue weighted by Gasteiger charge is 2.29. The second-order valence-corrected chi connectivity index (χ2v) is 6.21. The topological polar surface area (TPSA) is 61.7 Å². The maximum absolute atomic E-state index is 11.2. The van der Waals surface area contributed by atoms with Gasteiger partial charge < -0.3 is 5.32 Å². The van der Waals surface area contributed by atoms with E-state index < -0.39 is 0 Å². The van der Waals surface area contributed by atoms with Crippen LogP contribution in [0.15, 0.2) is 24.3 Å². The third kappa shape index (κ3) is 3.14. The summed E-state index contributed by atoms with van der Waals surface area (Å²) in [5, 5.41) is 14.6. The number of piperazine rings is 1. The summed E-state index contributed by atoms with van der Waals surface area (Å²) in [5.41, 5.74) is 1.06. The average Bonchev–Trinajstić information content (AvgIpc) is 3.09. The van der Waals surface area contributed by atoms with E-state index in [4.69, 9.17) is 0 Å². The Morgan fingerprint density at radius 1 is 1.27 bits per heavy atom. The predicted octanol–water partition coefficient (Wildman–Crippen LogP) is 1.64. The van der Waals surface area contributed by atoms with Crippen molar-refractivity contribution in [2.45, 2.75) is 25.4 Å². The number of hydrogen-bond acceptors (Lipinski definition) is 5. The fourth-order valence-electron chi connectivity index (χ4n) is 3.64. The number of rotatable bonds is 4. The van der Waals surface area contributed by atoms with Gasteiger partial charge in [-0.2, -0.15) is 0 Å². The molecule has 6 heteroatoms. The molecule has 0 amide bonds. The fraction of sp³-hybridized carbons (Fsp3) is 0.625. The van der Waals surface area contributed by atoms with E-state index in [1.54, 1.807) is 12.1 Å². The molecule has 120 valence electrons. The SMILES string of the molecule is CC(c1ccccc1[N+](=O)[O-])N1CCN(C2CCNC2)CC1. The minimum atomic E-state index is -0.272. The van der Waals surface area contributed by atoms with E-state index >= 15 is 0 Å². The van der Waals surface area contributed by atoms with Crippen LogP contribution in [-0.2, 0) is 0 Å². The van der Waals surface area contributed by atoms with Crippen LogP contribution in [0.2, 0.25) is 0 Å². The molecular formula is C16H24N4O2. The molecule has 1 N–H and O–H groups in total. The molecule has 2 atom stereocenters. The first-order valence-corrected chi connectivity index (χ1v) is 8.09. The van der Waals surface area contributed by atoms with E-state index in [2.05, 4.69) is 22.0 Å². The number of para-hydroxylation sites is 1. The molecule has 2 fully saturated rings. The largest absolute Gasteiger partial charge is 0.315 e. The molecule has 0 bridgehead atoms. The highest BCUT2D eigenvalue weighted by Crippen LogP contribution is 2.29. The van der Waals surface area contributed by atoms with Crippen molar-refractivity contribution in [3.63, 3.8) is 0 Å². The number of hydrogen-bond donors (Lipinski definition) is 1. The lowest BCUT2D eigenvalue weighted by molar-refractivity contribution is -0.386. The van der Waals surface area contributed by atoms with Crippen LogP contribution in [0.4, 0.5) is 5.69 Å². The van der Waals surface area contributed by atoms with Crippen LogP contribution in [0.5, 0.6) is 0 Å². The summed E-state index contributed by atoms with van der Waals surface area (Å²) in [7, 11) is 0. The first-order valence-electron chi connectivity index (χ1n) is 8.09. The van der Waals surface area contributed by atoms with Crippen molar-refractivity contribution >= 4 is 5.69 Å². The smallest absolute Gasteiger partial charge is 0.274 e. The third-order valence-electron chi connectivity index (χ3n) is 5.03. The van der Waals surface area contributed by atoms with Gasteiger partial charge in [-0.3, -0.25) is 19.9 Å². The molecule has 2 unspecified atom stereocenters. The Morgan fingerprint density at radius 2 is 2.00 bits per heavy atom. The van der Waals surface area contributed by atoms with Crippen molar-refractivity contribution in [1.82, 2.24) is 15.1 Å². The van der Waals surface area contributed by atoms with Gasteiger partial charge >= 0.3 is 0 Å². The summed E-state index contributed by atoms with van der Waals surface area (Å²) < 4.78 is 0. The molecule has 1 aromatic rings. The molecule has 2 aliphatic rings. The Labute approximate surface area is 131 Å². The number of nitrogens with zero attached hydrogens (tertiary/aromatic N) is 3. The van der Waals surface area contributed by atoms with Crippen molar-refractivity contribution in [2.75, 3.05) is 39.3 Å². The first kappa shape index (κ1) is 15.4. The van der Waals surface area contributed by atoms with Crippen LogP contribution in [0, 0.1) is 10.1 Å². The van der Waals surface area contributed by atoms with Gasteiger partial charge in [0.25, 0.3) is 5.69 Å². The molecule has 0 radical (unpaired) electrons. The molecule has 0 saturated carbocycles. The normalized spacial score (nSPS) is 25.2. The number of nitrogens with one attached hydrogen (secondary N) is 1. The van der Waals surface area contributed by atoms with E-state index in [0.29, 0.717) is 6.04 Å². The highest BCUT2D eigenvalue weighted by atomic mass is 16.6. The van der Waals surface area contributed by atoms with E-state index in [1.807, 2.05) is 12.1 Å². The monoisotopic (exact) mass is 304 g/mol. The first-order chi connectivity index (χ1) is 10.7. The fourth-order valence-corrected chi connectivity index (χ4v) is 3.64. The van der Waals surface area contributed by atoms with E-state index in [0.717, 1.165) is 44.8 Å². The van der Waals surface area contributed by atoms with Crippen LogP contribution < -0.4 is 5.32 Å². The quantitative estimate of drug-likeness (QED) is 0.677. The summed E-state index contributed by atoms with van der Waals surface area (Å²) in [6, 6.07) is 7.87. The van der Waals surface area contributed by atoms with Gasteiger partial charge in [0, 0.05) is 56.4 Å². The molecule has 2 aliphatic heterocycles. The summed E-state index contributed by atoms with van der Waals surface area (Å²) in [5.74, 6) is 0. The Morgan fingerprint density at radius 3 is 2.64 bits per heavy atom. The van der Waals surface area contributed by atoms with Gasteiger partial charge in [-0.05, 0) is 19.9 Å². The van der Waals surface area contributed by atoms with E-state index in [-0.39, 0.29) is 16.7 Å². The van der Waals surface area contributed by atoms with Gasteiger partial charge in [0.2, 0.25) is 0 Å². The zero-order valence-corrected chi connectivity index (χ0v) is 13.1. The summed E-state index contributed by atoms with van der Waals surface area (Å²) in [6.07, 6.45) is 1.24. The van der Waals surface area contributed by atoms with Gasteiger partial charge in [0.05, 0.1) is 4.92 Å². The van der Waals surface area contributed by atoms with Gasteiger partial charge in [-0.15, -0.1) is 0 Å². The molecule has 0 spiro atoms. The van der Waals surface area contributed by atoms with Gasteiger partial charge in [0.1, 0.15) is 0 Å². The number of nitro groups is 1. The summed E-state index contributed by atoms with van der Waals surface area (Å²) in [4.78, 5) is 15.9. The molecule has 22 heavy (non-hydrogen) atoms. The second kappa shape index (κ2) is 6.73. The van der Waals surface area contributed by atoms with Crippen LogP contribution in [0.25, 0.3) is 0 Å². The third-order valence-corrected chi connectivity index (χ3v) is 5.03.